The molecule has 2 aromatic carbocycles. The van der Waals surface area contributed by atoms with Crippen LogP contribution in [0.5, 0.6) is 17.2 Å². The zero-order valence-electron chi connectivity index (χ0n) is 15.7. The summed E-state index contributed by atoms with van der Waals surface area (Å²) in [5, 5.41) is 3.18. The lowest BCUT2D eigenvalue weighted by Gasteiger charge is -2.13. The minimum atomic E-state index is -0.463. The number of carbonyl (C=O) groups is 2. The molecule has 0 spiro atoms. The summed E-state index contributed by atoms with van der Waals surface area (Å²) in [4.78, 5) is 24.2. The molecule has 7 nitrogen and oxygen atoms in total. The first kappa shape index (κ1) is 19.8. The monoisotopic (exact) mass is 405 g/mol. The quantitative estimate of drug-likeness (QED) is 0.744. The van der Waals surface area contributed by atoms with Crippen molar-refractivity contribution < 1.29 is 28.5 Å². The van der Waals surface area contributed by atoms with Crippen LogP contribution in [0.15, 0.2) is 30.3 Å². The minimum Gasteiger partial charge on any atom is -0.493 e. The number of carbonyl (C=O) groups excluding carboxylic acids is 2. The van der Waals surface area contributed by atoms with Crippen LogP contribution in [0.4, 0.5) is 0 Å². The maximum Gasteiger partial charge on any atom is 0.337 e. The second-order valence-electron chi connectivity index (χ2n) is 6.16. The van der Waals surface area contributed by atoms with E-state index in [0.717, 1.165) is 5.56 Å². The molecule has 3 rings (SSSR count). The lowest BCUT2D eigenvalue weighted by atomic mass is 10.1. The number of benzene rings is 2. The minimum absolute atomic E-state index is 0.262. The Balaban J connectivity index is 1.65. The molecule has 1 N–H and O–H groups in total. The fourth-order valence-electron chi connectivity index (χ4n) is 3.02. The van der Waals surface area contributed by atoms with E-state index in [2.05, 4.69) is 5.32 Å². The van der Waals surface area contributed by atoms with Gasteiger partial charge in [0.1, 0.15) is 11.9 Å². The molecule has 0 fully saturated rings. The highest BCUT2D eigenvalue weighted by atomic mass is 35.5. The molecular weight excluding hydrogens is 386 g/mol. The molecule has 0 unspecified atom stereocenters. The number of ether oxygens (including phenoxy) is 4. The van der Waals surface area contributed by atoms with Crippen LogP contribution < -0.4 is 19.5 Å². The Hall–Kier alpha value is -2.93. The number of esters is 1. The lowest BCUT2D eigenvalue weighted by molar-refractivity contribution is 0.0600. The van der Waals surface area contributed by atoms with Crippen molar-refractivity contribution in [2.75, 3.05) is 27.9 Å². The number of rotatable bonds is 6. The molecule has 0 aromatic heterocycles. The zero-order chi connectivity index (χ0) is 20.3. The van der Waals surface area contributed by atoms with Gasteiger partial charge in [-0.15, -0.1) is 0 Å². The van der Waals surface area contributed by atoms with Crippen LogP contribution in [0.2, 0.25) is 5.02 Å². The number of methoxy groups -OCH3 is 3. The average molecular weight is 406 g/mol. The summed E-state index contributed by atoms with van der Waals surface area (Å²) in [6.45, 7) is 0.283. The van der Waals surface area contributed by atoms with Gasteiger partial charge < -0.3 is 24.3 Å². The molecule has 28 heavy (non-hydrogen) atoms. The summed E-state index contributed by atoms with van der Waals surface area (Å²) in [7, 11) is 4.35. The summed E-state index contributed by atoms with van der Waals surface area (Å²) in [6, 6.07) is 8.14. The molecule has 0 bridgehead atoms. The van der Waals surface area contributed by atoms with E-state index >= 15 is 0 Å². The summed E-state index contributed by atoms with van der Waals surface area (Å²) in [6.07, 6.45) is 0.232. The van der Waals surface area contributed by atoms with Crippen molar-refractivity contribution >= 4 is 23.5 Å². The smallest absolute Gasteiger partial charge is 0.337 e. The third-order valence-corrected chi connectivity index (χ3v) is 4.69. The molecule has 2 aromatic rings. The molecule has 8 heteroatoms. The third kappa shape index (κ3) is 3.99. The first-order valence-corrected chi connectivity index (χ1v) is 8.92. The van der Waals surface area contributed by atoms with Gasteiger partial charge in [-0.25, -0.2) is 4.79 Å². The second-order valence-corrected chi connectivity index (χ2v) is 6.57. The molecular formula is C20H20ClNO6. The fourth-order valence-corrected chi connectivity index (χ4v) is 3.31. The average Bonchev–Trinajstić information content (AvgIpc) is 3.14. The fraction of sp³-hybridized carbons (Fsp3) is 0.300. The standard InChI is InChI=1S/C20H20ClNO6/c1-25-16-5-4-11(9-17(16)26-2)19(23)22-10-14-7-12-6-13(20(24)27-3)8-15(21)18(12)28-14/h4-6,8-9,14H,7,10H2,1-3H3,(H,22,23)/t14-/m0/s1. The molecule has 0 aliphatic carbocycles. The van der Waals surface area contributed by atoms with Crippen molar-refractivity contribution in [2.45, 2.75) is 12.5 Å². The highest BCUT2D eigenvalue weighted by Crippen LogP contribution is 2.37. The Labute approximate surface area is 167 Å². The Morgan fingerprint density at radius 3 is 2.54 bits per heavy atom. The van der Waals surface area contributed by atoms with Crippen LogP contribution in [0, 0.1) is 0 Å². The molecule has 1 amide bonds. The summed E-state index contributed by atoms with van der Waals surface area (Å²) in [5.74, 6) is 0.822. The third-order valence-electron chi connectivity index (χ3n) is 4.41. The Morgan fingerprint density at radius 2 is 1.86 bits per heavy atom. The second kappa shape index (κ2) is 8.39. The van der Waals surface area contributed by atoms with Crippen molar-refractivity contribution in [3.05, 3.63) is 52.0 Å². The molecule has 148 valence electrons. The predicted octanol–water partition coefficient (Wildman–Crippen LogP) is 2.88. The van der Waals surface area contributed by atoms with Crippen molar-refractivity contribution in [1.82, 2.24) is 5.32 Å². The molecule has 0 saturated carbocycles. The SMILES string of the molecule is COC(=O)c1cc(Cl)c2c(c1)C[C@@H](CNC(=O)c1ccc(OC)c(OC)c1)O2. The van der Waals surface area contributed by atoms with Gasteiger partial charge in [0.15, 0.2) is 11.5 Å². The van der Waals surface area contributed by atoms with Gasteiger partial charge in [0.2, 0.25) is 0 Å². The topological polar surface area (TPSA) is 83.1 Å². The van der Waals surface area contributed by atoms with Crippen molar-refractivity contribution in [3.63, 3.8) is 0 Å². The van der Waals surface area contributed by atoms with Crippen molar-refractivity contribution in [3.8, 4) is 17.2 Å². The number of nitrogens with one attached hydrogen (secondary N) is 1. The number of amides is 1. The van der Waals surface area contributed by atoms with Gasteiger partial charge in [-0.1, -0.05) is 11.6 Å². The van der Waals surface area contributed by atoms with Gasteiger partial charge in [-0.3, -0.25) is 4.79 Å². The highest BCUT2D eigenvalue weighted by Gasteiger charge is 2.27. The molecule has 0 radical (unpaired) electrons. The van der Waals surface area contributed by atoms with Gasteiger partial charge in [-0.2, -0.15) is 0 Å². The van der Waals surface area contributed by atoms with E-state index in [0.29, 0.717) is 39.8 Å². The number of hydrogen-bond donors (Lipinski definition) is 1. The van der Waals surface area contributed by atoms with Crippen LogP contribution in [0.25, 0.3) is 0 Å². The van der Waals surface area contributed by atoms with Gasteiger partial charge in [0.25, 0.3) is 5.91 Å². The Bertz CT molecular complexity index is 914. The van der Waals surface area contributed by atoms with Crippen LogP contribution in [0.3, 0.4) is 0 Å². The van der Waals surface area contributed by atoms with Crippen LogP contribution in [-0.2, 0) is 11.2 Å². The molecule has 0 saturated heterocycles. The maximum atomic E-state index is 12.4. The number of halogens is 1. The molecule has 1 heterocycles. The van der Waals surface area contributed by atoms with Gasteiger partial charge in [0, 0.05) is 17.5 Å². The first-order valence-electron chi connectivity index (χ1n) is 8.54. The summed E-state index contributed by atoms with van der Waals surface area (Å²) < 4.78 is 20.9. The van der Waals surface area contributed by atoms with Crippen LogP contribution in [0.1, 0.15) is 26.3 Å². The largest absolute Gasteiger partial charge is 0.493 e. The van der Waals surface area contributed by atoms with E-state index < -0.39 is 5.97 Å². The van der Waals surface area contributed by atoms with E-state index in [1.807, 2.05) is 0 Å². The Kier molecular flexibility index (Phi) is 5.94. The molecule has 1 aliphatic rings. The first-order chi connectivity index (χ1) is 13.5. The van der Waals surface area contributed by atoms with Crippen molar-refractivity contribution in [2.24, 2.45) is 0 Å². The summed E-state index contributed by atoms with van der Waals surface area (Å²) in [5.41, 5.74) is 1.61. The van der Waals surface area contributed by atoms with Crippen LogP contribution >= 0.6 is 11.6 Å². The lowest BCUT2D eigenvalue weighted by Crippen LogP contribution is -2.34. The maximum absolute atomic E-state index is 12.4. The summed E-state index contributed by atoms with van der Waals surface area (Å²) >= 11 is 6.22. The Morgan fingerprint density at radius 1 is 1.11 bits per heavy atom. The van der Waals surface area contributed by atoms with E-state index in [-0.39, 0.29) is 18.6 Å². The van der Waals surface area contributed by atoms with Gasteiger partial charge >= 0.3 is 5.97 Å². The number of fused-ring (bicyclic) bond motifs is 1. The zero-order valence-corrected chi connectivity index (χ0v) is 16.5. The molecule has 1 aliphatic heterocycles. The van der Waals surface area contributed by atoms with E-state index in [1.54, 1.807) is 24.3 Å². The van der Waals surface area contributed by atoms with E-state index in [4.69, 9.17) is 30.5 Å². The normalized spacial score (nSPS) is 14.6. The number of hydrogen-bond acceptors (Lipinski definition) is 6. The van der Waals surface area contributed by atoms with Gasteiger partial charge in [-0.05, 0) is 30.3 Å². The van der Waals surface area contributed by atoms with Crippen LogP contribution in [-0.4, -0.2) is 45.9 Å². The predicted molar refractivity (Wildman–Crippen MR) is 103 cm³/mol. The van der Waals surface area contributed by atoms with E-state index in [1.165, 1.54) is 27.4 Å². The van der Waals surface area contributed by atoms with Crippen molar-refractivity contribution in [1.29, 1.82) is 0 Å². The highest BCUT2D eigenvalue weighted by molar-refractivity contribution is 6.32. The van der Waals surface area contributed by atoms with E-state index in [9.17, 15) is 9.59 Å². The molecule has 1 atom stereocenters. The van der Waals surface area contributed by atoms with Gasteiger partial charge in [0.05, 0.1) is 38.5 Å².